The van der Waals surface area contributed by atoms with Gasteiger partial charge in [0.05, 0.1) is 5.92 Å². The molecule has 8 nitrogen and oxygen atoms in total. The number of nitrogens with zero attached hydrogens (tertiary/aromatic N) is 2. The summed E-state index contributed by atoms with van der Waals surface area (Å²) >= 11 is 0. The summed E-state index contributed by atoms with van der Waals surface area (Å²) in [5.41, 5.74) is 11.0. The molecule has 1 saturated heterocycles. The highest BCUT2D eigenvalue weighted by Crippen LogP contribution is 2.27. The summed E-state index contributed by atoms with van der Waals surface area (Å²) in [5, 5.41) is 0. The zero-order valence-corrected chi connectivity index (χ0v) is 13.3. The molecule has 0 aromatic heterocycles. The monoisotopic (exact) mass is 332 g/mol. The summed E-state index contributed by atoms with van der Waals surface area (Å²) in [6, 6.07) is 8.53. The van der Waals surface area contributed by atoms with Crippen LogP contribution in [0.3, 0.4) is 0 Å². The molecule has 8 heteroatoms. The third kappa shape index (κ3) is 4.09. The number of carbonyl (C=O) groups excluding carboxylic acids is 3. The van der Waals surface area contributed by atoms with Crippen LogP contribution in [0.15, 0.2) is 35.3 Å². The van der Waals surface area contributed by atoms with Crippen LogP contribution in [0.1, 0.15) is 23.7 Å². The highest BCUT2D eigenvalue weighted by atomic mass is 16.5. The highest BCUT2D eigenvalue weighted by molar-refractivity contribution is 6.08. The molecule has 2 amide bonds. The first-order valence-electron chi connectivity index (χ1n) is 7.53. The number of ether oxygens (including phenoxy) is 1. The molecular formula is C16H20N4O4. The zero-order valence-electron chi connectivity index (χ0n) is 13.3. The van der Waals surface area contributed by atoms with Crippen molar-refractivity contribution in [3.05, 3.63) is 35.9 Å². The van der Waals surface area contributed by atoms with Gasteiger partial charge in [-0.25, -0.2) is 0 Å². The van der Waals surface area contributed by atoms with Crippen LogP contribution in [0.4, 0.5) is 0 Å². The number of hydrogen-bond acceptors (Lipinski definition) is 5. The number of β-lactam (4-membered cyclic amide) rings is 1. The fourth-order valence-electron chi connectivity index (χ4n) is 2.52. The zero-order chi connectivity index (χ0) is 17.7. The van der Waals surface area contributed by atoms with Crippen LogP contribution >= 0.6 is 0 Å². The van der Waals surface area contributed by atoms with Gasteiger partial charge >= 0.3 is 5.97 Å². The summed E-state index contributed by atoms with van der Waals surface area (Å²) in [6.45, 7) is 1.70. The van der Waals surface area contributed by atoms with Gasteiger partial charge in [0.15, 0.2) is 5.96 Å². The Balaban J connectivity index is 2.00. The van der Waals surface area contributed by atoms with Gasteiger partial charge in [0, 0.05) is 32.0 Å². The summed E-state index contributed by atoms with van der Waals surface area (Å²) < 4.78 is 5.19. The largest absolute Gasteiger partial charge is 0.462 e. The lowest BCUT2D eigenvalue weighted by Crippen LogP contribution is -2.59. The number of amides is 2. The topological polar surface area (TPSA) is 128 Å². The lowest BCUT2D eigenvalue weighted by atomic mass is 9.89. The van der Waals surface area contributed by atoms with Crippen molar-refractivity contribution in [2.24, 2.45) is 22.4 Å². The maximum Gasteiger partial charge on any atom is 0.302 e. The number of hydrogen-bond donors (Lipinski definition) is 2. The molecule has 1 fully saturated rings. The minimum atomic E-state index is -0.655. The molecule has 128 valence electrons. The van der Waals surface area contributed by atoms with Crippen LogP contribution < -0.4 is 11.5 Å². The van der Waals surface area contributed by atoms with Gasteiger partial charge in [-0.2, -0.15) is 0 Å². The molecule has 0 aliphatic carbocycles. The average molecular weight is 332 g/mol. The molecule has 1 heterocycles. The Bertz CT molecular complexity index is 655. The number of esters is 1. The van der Waals surface area contributed by atoms with Crippen molar-refractivity contribution in [3.8, 4) is 0 Å². The molecule has 2 unspecified atom stereocenters. The number of carbonyl (C=O) groups is 3. The maximum absolute atomic E-state index is 12.3. The number of guanidine groups is 1. The third-order valence-corrected chi connectivity index (χ3v) is 3.70. The first kappa shape index (κ1) is 17.5. The highest BCUT2D eigenvalue weighted by Gasteiger charge is 2.46. The first-order chi connectivity index (χ1) is 11.4. The predicted octanol–water partition coefficient (Wildman–Crippen LogP) is -0.120. The van der Waals surface area contributed by atoms with Crippen molar-refractivity contribution >= 4 is 23.7 Å². The Hall–Kier alpha value is -2.90. The average Bonchev–Trinajstić information content (AvgIpc) is 2.53. The Morgan fingerprint density at radius 2 is 2.00 bits per heavy atom. The van der Waals surface area contributed by atoms with Crippen molar-refractivity contribution in [3.63, 3.8) is 0 Å². The Morgan fingerprint density at radius 3 is 2.54 bits per heavy atom. The first-order valence-corrected chi connectivity index (χ1v) is 7.53. The molecule has 24 heavy (non-hydrogen) atoms. The summed E-state index contributed by atoms with van der Waals surface area (Å²) in [5.74, 6) is -1.85. The number of likely N-dealkylation sites (tertiary alicyclic amines) is 1. The Labute approximate surface area is 139 Å². The molecule has 2 rings (SSSR count). The van der Waals surface area contributed by atoms with Crippen LogP contribution in [0.5, 0.6) is 0 Å². The summed E-state index contributed by atoms with van der Waals surface area (Å²) in [7, 11) is 0. The molecule has 1 aromatic carbocycles. The number of benzene rings is 1. The van der Waals surface area contributed by atoms with Gasteiger partial charge < -0.3 is 16.2 Å². The normalized spacial score (nSPS) is 17.6. The van der Waals surface area contributed by atoms with Gasteiger partial charge in [0.2, 0.25) is 5.91 Å². The standard InChI is InChI=1S/C16H20N4O4/c1-10(21)24-13(7-8-19-16(17)18)12-9-20(15(12)23)14(22)11-5-3-2-4-6-11/h2-6,12-13H,7-9H2,1H3,(H4,17,18,19). The van der Waals surface area contributed by atoms with Crippen molar-refractivity contribution in [1.82, 2.24) is 4.90 Å². The fourth-order valence-corrected chi connectivity index (χ4v) is 2.52. The van der Waals surface area contributed by atoms with Gasteiger partial charge in [-0.15, -0.1) is 0 Å². The SMILES string of the molecule is CC(=O)OC(CCN=C(N)N)C1CN(C(=O)c2ccccc2)C1=O. The molecule has 0 spiro atoms. The van der Waals surface area contributed by atoms with Crippen molar-refractivity contribution in [2.75, 3.05) is 13.1 Å². The van der Waals surface area contributed by atoms with E-state index in [0.29, 0.717) is 12.0 Å². The van der Waals surface area contributed by atoms with Gasteiger partial charge in [-0.05, 0) is 12.1 Å². The quantitative estimate of drug-likeness (QED) is 0.246. The molecule has 0 radical (unpaired) electrons. The molecule has 1 aromatic rings. The van der Waals surface area contributed by atoms with E-state index >= 15 is 0 Å². The molecule has 2 atom stereocenters. The van der Waals surface area contributed by atoms with Crippen LogP contribution in [0, 0.1) is 5.92 Å². The second kappa shape index (κ2) is 7.58. The minimum Gasteiger partial charge on any atom is -0.462 e. The molecule has 1 aliphatic rings. The molecular weight excluding hydrogens is 312 g/mol. The van der Waals surface area contributed by atoms with E-state index in [9.17, 15) is 14.4 Å². The molecule has 1 aliphatic heterocycles. The van der Waals surface area contributed by atoms with E-state index in [-0.39, 0.29) is 30.9 Å². The second-order valence-electron chi connectivity index (χ2n) is 5.47. The van der Waals surface area contributed by atoms with E-state index in [0.717, 1.165) is 4.90 Å². The molecule has 4 N–H and O–H groups in total. The van der Waals surface area contributed by atoms with E-state index in [1.807, 2.05) is 0 Å². The van der Waals surface area contributed by atoms with Crippen LogP contribution in [-0.2, 0) is 14.3 Å². The van der Waals surface area contributed by atoms with Crippen LogP contribution in [-0.4, -0.2) is 47.8 Å². The van der Waals surface area contributed by atoms with Crippen molar-refractivity contribution < 1.29 is 19.1 Å². The minimum absolute atomic E-state index is 0.0719. The van der Waals surface area contributed by atoms with E-state index < -0.39 is 18.0 Å². The van der Waals surface area contributed by atoms with E-state index in [1.165, 1.54) is 6.92 Å². The van der Waals surface area contributed by atoms with Crippen LogP contribution in [0.25, 0.3) is 0 Å². The number of rotatable bonds is 6. The van der Waals surface area contributed by atoms with E-state index in [2.05, 4.69) is 4.99 Å². The molecule has 0 bridgehead atoms. The van der Waals surface area contributed by atoms with E-state index in [4.69, 9.17) is 16.2 Å². The van der Waals surface area contributed by atoms with E-state index in [1.54, 1.807) is 30.3 Å². The predicted molar refractivity (Wildman–Crippen MR) is 86.8 cm³/mol. The van der Waals surface area contributed by atoms with Crippen molar-refractivity contribution in [1.29, 1.82) is 0 Å². The van der Waals surface area contributed by atoms with Gasteiger partial charge in [0.25, 0.3) is 5.91 Å². The second-order valence-corrected chi connectivity index (χ2v) is 5.47. The lowest BCUT2D eigenvalue weighted by Gasteiger charge is -2.40. The van der Waals surface area contributed by atoms with Gasteiger partial charge in [0.1, 0.15) is 6.10 Å². The van der Waals surface area contributed by atoms with Crippen LogP contribution in [0.2, 0.25) is 0 Å². The Morgan fingerprint density at radius 1 is 1.33 bits per heavy atom. The number of nitrogens with two attached hydrogens (primary N) is 2. The lowest BCUT2D eigenvalue weighted by molar-refractivity contribution is -0.161. The Kier molecular flexibility index (Phi) is 5.51. The molecule has 0 saturated carbocycles. The van der Waals surface area contributed by atoms with Gasteiger partial charge in [-0.1, -0.05) is 18.2 Å². The summed E-state index contributed by atoms with van der Waals surface area (Å²) in [6.07, 6.45) is -0.348. The fraction of sp³-hybridized carbons (Fsp3) is 0.375. The number of aliphatic imine (C=N–C) groups is 1. The third-order valence-electron chi connectivity index (χ3n) is 3.70. The van der Waals surface area contributed by atoms with Gasteiger partial charge in [-0.3, -0.25) is 24.3 Å². The van der Waals surface area contributed by atoms with Crippen molar-refractivity contribution in [2.45, 2.75) is 19.4 Å². The number of imide groups is 1. The maximum atomic E-state index is 12.3. The summed E-state index contributed by atoms with van der Waals surface area (Å²) in [4.78, 5) is 40.8. The smallest absolute Gasteiger partial charge is 0.302 e.